The van der Waals surface area contributed by atoms with Gasteiger partial charge in [-0.15, -0.1) is 0 Å². The van der Waals surface area contributed by atoms with E-state index in [1.54, 1.807) is 7.11 Å². The number of hydrogen-bond acceptors (Lipinski definition) is 3. The first-order chi connectivity index (χ1) is 7.84. The van der Waals surface area contributed by atoms with Gasteiger partial charge in [0.2, 0.25) is 0 Å². The van der Waals surface area contributed by atoms with Gasteiger partial charge in [-0.05, 0) is 49.9 Å². The summed E-state index contributed by atoms with van der Waals surface area (Å²) in [5.74, 6) is 0. The fourth-order valence-corrected chi connectivity index (χ4v) is 1.62. The average Bonchev–Trinajstić information content (AvgIpc) is 2.30. The van der Waals surface area contributed by atoms with Gasteiger partial charge in [0, 0.05) is 26.0 Å². The molecule has 0 spiro atoms. The highest BCUT2D eigenvalue weighted by atomic mass is 16.5. The second kappa shape index (κ2) is 8.25. The molecular formula is C13H22N2O. The van der Waals surface area contributed by atoms with Crippen molar-refractivity contribution >= 4 is 0 Å². The molecule has 3 nitrogen and oxygen atoms in total. The zero-order valence-corrected chi connectivity index (χ0v) is 10.3. The molecule has 1 rings (SSSR count). The Balaban J connectivity index is 2.05. The van der Waals surface area contributed by atoms with E-state index in [4.69, 9.17) is 4.74 Å². The quantitative estimate of drug-likeness (QED) is 0.683. The van der Waals surface area contributed by atoms with Crippen LogP contribution in [0.1, 0.15) is 24.0 Å². The highest BCUT2D eigenvalue weighted by Gasteiger charge is 1.97. The lowest BCUT2D eigenvalue weighted by molar-refractivity contribution is 0.199. The van der Waals surface area contributed by atoms with E-state index in [1.807, 2.05) is 12.4 Å². The molecule has 0 unspecified atom stereocenters. The molecule has 0 bridgehead atoms. The van der Waals surface area contributed by atoms with Gasteiger partial charge in [0.25, 0.3) is 0 Å². The van der Waals surface area contributed by atoms with Gasteiger partial charge >= 0.3 is 0 Å². The Morgan fingerprint density at radius 3 is 2.94 bits per heavy atom. The van der Waals surface area contributed by atoms with Crippen molar-refractivity contribution in [2.75, 3.05) is 26.8 Å². The van der Waals surface area contributed by atoms with Crippen LogP contribution in [-0.2, 0) is 11.2 Å². The summed E-state index contributed by atoms with van der Waals surface area (Å²) < 4.78 is 4.96. The monoisotopic (exact) mass is 222 g/mol. The third-order valence-corrected chi connectivity index (χ3v) is 2.68. The number of rotatable bonds is 8. The van der Waals surface area contributed by atoms with Gasteiger partial charge < -0.3 is 10.1 Å². The fourth-order valence-electron chi connectivity index (χ4n) is 1.62. The van der Waals surface area contributed by atoms with Crippen LogP contribution in [-0.4, -0.2) is 31.8 Å². The van der Waals surface area contributed by atoms with Crippen LogP contribution in [0.4, 0.5) is 0 Å². The van der Waals surface area contributed by atoms with E-state index in [9.17, 15) is 0 Å². The second-order valence-electron chi connectivity index (χ2n) is 4.00. The summed E-state index contributed by atoms with van der Waals surface area (Å²) in [4.78, 5) is 4.15. The summed E-state index contributed by atoms with van der Waals surface area (Å²) >= 11 is 0. The van der Waals surface area contributed by atoms with Crippen molar-refractivity contribution in [2.45, 2.75) is 26.2 Å². The molecule has 16 heavy (non-hydrogen) atoms. The molecule has 0 saturated heterocycles. The molecule has 0 fully saturated rings. The highest BCUT2D eigenvalue weighted by Crippen LogP contribution is 2.08. The zero-order chi connectivity index (χ0) is 11.6. The van der Waals surface area contributed by atoms with E-state index in [0.29, 0.717) is 0 Å². The Labute approximate surface area is 98.2 Å². The van der Waals surface area contributed by atoms with E-state index >= 15 is 0 Å². The maximum absolute atomic E-state index is 4.96. The van der Waals surface area contributed by atoms with Gasteiger partial charge in [-0.1, -0.05) is 0 Å². The lowest BCUT2D eigenvalue weighted by Crippen LogP contribution is -2.20. The minimum Gasteiger partial charge on any atom is -0.383 e. The minimum absolute atomic E-state index is 0.793. The SMILES string of the molecule is COCCNCCCCc1cnccc1C. The third kappa shape index (κ3) is 5.24. The van der Waals surface area contributed by atoms with Crippen molar-refractivity contribution in [2.24, 2.45) is 0 Å². The summed E-state index contributed by atoms with van der Waals surface area (Å²) in [6.45, 7) is 4.96. The maximum Gasteiger partial charge on any atom is 0.0587 e. The minimum atomic E-state index is 0.793. The summed E-state index contributed by atoms with van der Waals surface area (Å²) in [7, 11) is 1.73. The standard InChI is InChI=1S/C13H22N2O/c1-12-6-8-15-11-13(12)5-3-4-7-14-9-10-16-2/h6,8,11,14H,3-5,7,9-10H2,1-2H3. The van der Waals surface area contributed by atoms with Crippen LogP contribution in [0.15, 0.2) is 18.5 Å². The first-order valence-electron chi connectivity index (χ1n) is 5.93. The van der Waals surface area contributed by atoms with Gasteiger partial charge in [-0.25, -0.2) is 0 Å². The number of hydrogen-bond donors (Lipinski definition) is 1. The maximum atomic E-state index is 4.96. The van der Waals surface area contributed by atoms with Crippen molar-refractivity contribution < 1.29 is 4.74 Å². The van der Waals surface area contributed by atoms with Crippen molar-refractivity contribution in [3.8, 4) is 0 Å². The number of aromatic nitrogens is 1. The molecule has 0 aliphatic rings. The fraction of sp³-hybridized carbons (Fsp3) is 0.615. The predicted octanol–water partition coefficient (Wildman–Crippen LogP) is 1.95. The largest absolute Gasteiger partial charge is 0.383 e. The molecule has 0 radical (unpaired) electrons. The molecule has 90 valence electrons. The van der Waals surface area contributed by atoms with Crippen LogP contribution in [0.5, 0.6) is 0 Å². The lowest BCUT2D eigenvalue weighted by atomic mass is 10.1. The highest BCUT2D eigenvalue weighted by molar-refractivity contribution is 5.21. The number of methoxy groups -OCH3 is 1. The van der Waals surface area contributed by atoms with Gasteiger partial charge in [0.15, 0.2) is 0 Å². The first-order valence-corrected chi connectivity index (χ1v) is 5.93. The number of nitrogens with zero attached hydrogens (tertiary/aromatic N) is 1. The molecule has 1 aromatic rings. The van der Waals surface area contributed by atoms with E-state index in [0.717, 1.165) is 26.1 Å². The second-order valence-corrected chi connectivity index (χ2v) is 4.00. The van der Waals surface area contributed by atoms with E-state index in [2.05, 4.69) is 23.3 Å². The summed E-state index contributed by atoms with van der Waals surface area (Å²) in [6.07, 6.45) is 7.38. The van der Waals surface area contributed by atoms with Crippen molar-refractivity contribution in [3.63, 3.8) is 0 Å². The van der Waals surface area contributed by atoms with Gasteiger partial charge in [0.05, 0.1) is 6.61 Å². The molecule has 3 heteroatoms. The molecule has 1 N–H and O–H groups in total. The number of pyridine rings is 1. The smallest absolute Gasteiger partial charge is 0.0587 e. The number of nitrogens with one attached hydrogen (secondary N) is 1. The van der Waals surface area contributed by atoms with E-state index in [-0.39, 0.29) is 0 Å². The van der Waals surface area contributed by atoms with Crippen LogP contribution in [0.25, 0.3) is 0 Å². The van der Waals surface area contributed by atoms with Crippen molar-refractivity contribution in [1.29, 1.82) is 0 Å². The summed E-state index contributed by atoms with van der Waals surface area (Å²) in [5.41, 5.74) is 2.72. The van der Waals surface area contributed by atoms with Crippen molar-refractivity contribution in [3.05, 3.63) is 29.6 Å². The topological polar surface area (TPSA) is 34.1 Å². The molecule has 0 aliphatic carbocycles. The van der Waals surface area contributed by atoms with E-state index < -0.39 is 0 Å². The molecule has 0 amide bonds. The van der Waals surface area contributed by atoms with Crippen LogP contribution < -0.4 is 5.32 Å². The Bertz CT molecular complexity index is 289. The average molecular weight is 222 g/mol. The molecule has 0 aliphatic heterocycles. The first kappa shape index (κ1) is 13.1. The van der Waals surface area contributed by atoms with Crippen LogP contribution in [0, 0.1) is 6.92 Å². The molecule has 0 saturated carbocycles. The van der Waals surface area contributed by atoms with Gasteiger partial charge in [-0.2, -0.15) is 0 Å². The molecular weight excluding hydrogens is 200 g/mol. The Morgan fingerprint density at radius 1 is 1.31 bits per heavy atom. The summed E-state index contributed by atoms with van der Waals surface area (Å²) in [6, 6.07) is 2.08. The normalized spacial score (nSPS) is 10.6. The zero-order valence-electron chi connectivity index (χ0n) is 10.3. The van der Waals surface area contributed by atoms with Crippen molar-refractivity contribution in [1.82, 2.24) is 10.3 Å². The molecule has 0 atom stereocenters. The van der Waals surface area contributed by atoms with Crippen LogP contribution in [0.2, 0.25) is 0 Å². The van der Waals surface area contributed by atoms with Crippen LogP contribution >= 0.6 is 0 Å². The number of ether oxygens (including phenoxy) is 1. The van der Waals surface area contributed by atoms with Gasteiger partial charge in [-0.3, -0.25) is 4.98 Å². The molecule has 1 aromatic heterocycles. The Kier molecular flexibility index (Phi) is 6.77. The molecule has 0 aromatic carbocycles. The Morgan fingerprint density at radius 2 is 2.19 bits per heavy atom. The number of unbranched alkanes of at least 4 members (excludes halogenated alkanes) is 1. The van der Waals surface area contributed by atoms with E-state index in [1.165, 1.54) is 24.0 Å². The van der Waals surface area contributed by atoms with Crippen LogP contribution in [0.3, 0.4) is 0 Å². The lowest BCUT2D eigenvalue weighted by Gasteiger charge is -2.05. The predicted molar refractivity (Wildman–Crippen MR) is 66.7 cm³/mol. The Hall–Kier alpha value is -0.930. The number of aryl methyl sites for hydroxylation is 2. The third-order valence-electron chi connectivity index (χ3n) is 2.68. The summed E-state index contributed by atoms with van der Waals surface area (Å²) in [5, 5.41) is 3.35. The molecule has 1 heterocycles. The van der Waals surface area contributed by atoms with Gasteiger partial charge in [0.1, 0.15) is 0 Å².